The summed E-state index contributed by atoms with van der Waals surface area (Å²) >= 11 is 0. The van der Waals surface area contributed by atoms with E-state index < -0.39 is 6.10 Å². The van der Waals surface area contributed by atoms with Crippen molar-refractivity contribution in [3.8, 4) is 11.5 Å². The molecule has 0 heterocycles. The summed E-state index contributed by atoms with van der Waals surface area (Å²) in [7, 11) is 1.62. The fourth-order valence-electron chi connectivity index (χ4n) is 2.62. The molecule has 1 N–H and O–H groups in total. The van der Waals surface area contributed by atoms with Crippen molar-refractivity contribution in [2.75, 3.05) is 7.11 Å². The highest BCUT2D eigenvalue weighted by Crippen LogP contribution is 2.21. The van der Waals surface area contributed by atoms with E-state index in [1.807, 2.05) is 73.7 Å². The van der Waals surface area contributed by atoms with E-state index in [1.54, 1.807) is 14.0 Å². The first kappa shape index (κ1) is 18.5. The molecule has 0 saturated carbocycles. The first-order valence-electron chi connectivity index (χ1n) is 8.71. The number of hydrazone groups is 1. The minimum atomic E-state index is -0.668. The Morgan fingerprint density at radius 3 is 2.33 bits per heavy atom. The zero-order chi connectivity index (χ0) is 19.2. The van der Waals surface area contributed by atoms with Crippen LogP contribution in [0.2, 0.25) is 0 Å². The molecule has 0 aliphatic carbocycles. The first-order valence-corrected chi connectivity index (χ1v) is 8.71. The van der Waals surface area contributed by atoms with Crippen molar-refractivity contribution in [3.05, 3.63) is 72.3 Å². The molecule has 0 aromatic heterocycles. The van der Waals surface area contributed by atoms with E-state index in [1.165, 1.54) is 0 Å². The van der Waals surface area contributed by atoms with Crippen LogP contribution in [0.15, 0.2) is 71.8 Å². The van der Waals surface area contributed by atoms with Crippen molar-refractivity contribution < 1.29 is 14.3 Å². The van der Waals surface area contributed by atoms with Crippen LogP contribution in [-0.4, -0.2) is 24.8 Å². The summed E-state index contributed by atoms with van der Waals surface area (Å²) in [4.78, 5) is 12.3. The maximum Gasteiger partial charge on any atom is 0.280 e. The normalized spacial score (nSPS) is 12.5. The molecule has 1 amide bonds. The summed E-state index contributed by atoms with van der Waals surface area (Å²) in [6.07, 6.45) is -0.668. The topological polar surface area (TPSA) is 59.9 Å². The van der Waals surface area contributed by atoms with Gasteiger partial charge in [-0.25, -0.2) is 5.43 Å². The van der Waals surface area contributed by atoms with E-state index in [4.69, 9.17) is 9.47 Å². The van der Waals surface area contributed by atoms with Gasteiger partial charge in [-0.3, -0.25) is 4.79 Å². The summed E-state index contributed by atoms with van der Waals surface area (Å²) in [6.45, 7) is 3.53. The third-order valence-corrected chi connectivity index (χ3v) is 4.24. The van der Waals surface area contributed by atoms with Gasteiger partial charge in [-0.1, -0.05) is 30.3 Å². The van der Waals surface area contributed by atoms with Crippen LogP contribution in [0.3, 0.4) is 0 Å². The predicted octanol–water partition coefficient (Wildman–Crippen LogP) is 4.16. The average Bonchev–Trinajstić information content (AvgIpc) is 2.71. The Hall–Kier alpha value is -3.34. The van der Waals surface area contributed by atoms with Crippen LogP contribution < -0.4 is 14.9 Å². The Bertz CT molecular complexity index is 965. The number of ether oxygens (including phenoxy) is 2. The summed E-state index contributed by atoms with van der Waals surface area (Å²) in [6, 6.07) is 21.2. The standard InChI is InChI=1S/C22H22N2O3/c1-15(17-8-11-20(26-3)12-9-17)23-24-22(25)16(2)27-21-13-10-18-6-4-5-7-19(18)14-21/h4-14,16H,1-3H3,(H,24,25)/b23-15+. The highest BCUT2D eigenvalue weighted by atomic mass is 16.5. The quantitative estimate of drug-likeness (QED) is 0.529. The molecule has 3 rings (SSSR count). The summed E-state index contributed by atoms with van der Waals surface area (Å²) in [5.41, 5.74) is 4.16. The fourth-order valence-corrected chi connectivity index (χ4v) is 2.62. The number of nitrogens with zero attached hydrogens (tertiary/aromatic N) is 1. The Morgan fingerprint density at radius 2 is 1.63 bits per heavy atom. The Labute approximate surface area is 158 Å². The molecular weight excluding hydrogens is 340 g/mol. The van der Waals surface area contributed by atoms with E-state index >= 15 is 0 Å². The van der Waals surface area contributed by atoms with Crippen LogP contribution in [0.4, 0.5) is 0 Å². The summed E-state index contributed by atoms with van der Waals surface area (Å²) in [5.74, 6) is 1.11. The molecule has 5 nitrogen and oxygen atoms in total. The van der Waals surface area contributed by atoms with Gasteiger partial charge in [0.25, 0.3) is 5.91 Å². The third kappa shape index (κ3) is 4.64. The van der Waals surface area contributed by atoms with Gasteiger partial charge in [0, 0.05) is 0 Å². The summed E-state index contributed by atoms with van der Waals surface area (Å²) < 4.78 is 10.9. The van der Waals surface area contributed by atoms with Gasteiger partial charge in [-0.15, -0.1) is 0 Å². The van der Waals surface area contributed by atoms with Gasteiger partial charge in [0.15, 0.2) is 6.10 Å². The minimum absolute atomic E-state index is 0.309. The lowest BCUT2D eigenvalue weighted by atomic mass is 10.1. The number of rotatable bonds is 6. The molecule has 0 spiro atoms. The molecule has 0 aliphatic rings. The molecular formula is C22H22N2O3. The number of carbonyl (C=O) groups is 1. The van der Waals surface area contributed by atoms with Gasteiger partial charge in [-0.2, -0.15) is 5.10 Å². The average molecular weight is 362 g/mol. The molecule has 5 heteroatoms. The molecule has 138 valence electrons. The third-order valence-electron chi connectivity index (χ3n) is 4.24. The van der Waals surface area contributed by atoms with Crippen LogP contribution in [0.1, 0.15) is 19.4 Å². The van der Waals surface area contributed by atoms with Crippen LogP contribution in [0, 0.1) is 0 Å². The lowest BCUT2D eigenvalue weighted by Crippen LogP contribution is -2.33. The molecule has 1 atom stereocenters. The zero-order valence-electron chi connectivity index (χ0n) is 15.6. The number of hydrogen-bond acceptors (Lipinski definition) is 4. The second kappa shape index (κ2) is 8.36. The number of fused-ring (bicyclic) bond motifs is 1. The maximum absolute atomic E-state index is 12.3. The lowest BCUT2D eigenvalue weighted by molar-refractivity contribution is -0.127. The molecule has 0 fully saturated rings. The van der Waals surface area contributed by atoms with Crippen molar-refractivity contribution in [3.63, 3.8) is 0 Å². The number of amides is 1. The van der Waals surface area contributed by atoms with E-state index in [0.717, 1.165) is 22.1 Å². The molecule has 27 heavy (non-hydrogen) atoms. The zero-order valence-corrected chi connectivity index (χ0v) is 15.6. The molecule has 1 unspecified atom stereocenters. The maximum atomic E-state index is 12.3. The largest absolute Gasteiger partial charge is 0.497 e. The van der Waals surface area contributed by atoms with Crippen molar-refractivity contribution in [1.82, 2.24) is 5.43 Å². The first-order chi connectivity index (χ1) is 13.1. The molecule has 3 aromatic rings. The van der Waals surface area contributed by atoms with Crippen LogP contribution >= 0.6 is 0 Å². The highest BCUT2D eigenvalue weighted by Gasteiger charge is 2.14. The van der Waals surface area contributed by atoms with Gasteiger partial charge >= 0.3 is 0 Å². The van der Waals surface area contributed by atoms with Gasteiger partial charge in [0.2, 0.25) is 0 Å². The Kier molecular flexibility index (Phi) is 5.71. The summed E-state index contributed by atoms with van der Waals surface area (Å²) in [5, 5.41) is 6.35. The number of methoxy groups -OCH3 is 1. The highest BCUT2D eigenvalue weighted by molar-refractivity contribution is 5.99. The molecule has 0 aliphatic heterocycles. The minimum Gasteiger partial charge on any atom is -0.497 e. The predicted molar refractivity (Wildman–Crippen MR) is 107 cm³/mol. The van der Waals surface area contributed by atoms with E-state index in [-0.39, 0.29) is 5.91 Å². The SMILES string of the molecule is COc1ccc(/C(C)=N/NC(=O)C(C)Oc2ccc3ccccc3c2)cc1. The van der Waals surface area contributed by atoms with Crippen molar-refractivity contribution in [2.45, 2.75) is 20.0 Å². The van der Waals surface area contributed by atoms with Gasteiger partial charge < -0.3 is 9.47 Å². The number of benzene rings is 3. The number of carbonyl (C=O) groups excluding carboxylic acids is 1. The van der Waals surface area contributed by atoms with E-state index in [0.29, 0.717) is 11.5 Å². The van der Waals surface area contributed by atoms with Crippen molar-refractivity contribution in [1.29, 1.82) is 0 Å². The van der Waals surface area contributed by atoms with E-state index in [2.05, 4.69) is 10.5 Å². The van der Waals surface area contributed by atoms with Gasteiger partial charge in [-0.05, 0) is 66.6 Å². The Morgan fingerprint density at radius 1 is 0.963 bits per heavy atom. The van der Waals surface area contributed by atoms with Gasteiger partial charge in [0.1, 0.15) is 11.5 Å². The van der Waals surface area contributed by atoms with Crippen molar-refractivity contribution in [2.24, 2.45) is 5.10 Å². The second-order valence-electron chi connectivity index (χ2n) is 6.17. The van der Waals surface area contributed by atoms with Crippen molar-refractivity contribution >= 4 is 22.4 Å². The van der Waals surface area contributed by atoms with Crippen LogP contribution in [0.5, 0.6) is 11.5 Å². The smallest absolute Gasteiger partial charge is 0.280 e. The molecule has 0 bridgehead atoms. The van der Waals surface area contributed by atoms with Crippen LogP contribution in [-0.2, 0) is 4.79 Å². The molecule has 0 radical (unpaired) electrons. The second-order valence-corrected chi connectivity index (χ2v) is 6.17. The fraction of sp³-hybridized carbons (Fsp3) is 0.182. The van der Waals surface area contributed by atoms with Gasteiger partial charge in [0.05, 0.1) is 12.8 Å². The Balaban J connectivity index is 1.62. The number of nitrogens with one attached hydrogen (secondary N) is 1. The monoisotopic (exact) mass is 362 g/mol. The van der Waals surface area contributed by atoms with E-state index in [9.17, 15) is 4.79 Å². The lowest BCUT2D eigenvalue weighted by Gasteiger charge is -2.14. The number of hydrogen-bond donors (Lipinski definition) is 1. The van der Waals surface area contributed by atoms with Crippen LogP contribution in [0.25, 0.3) is 10.8 Å². The molecule has 3 aromatic carbocycles. The molecule has 0 saturated heterocycles.